The minimum atomic E-state index is -0.835. The van der Waals surface area contributed by atoms with E-state index in [9.17, 15) is 9.90 Å². The Bertz CT molecular complexity index is 434. The Balaban J connectivity index is 2.94. The van der Waals surface area contributed by atoms with E-state index < -0.39 is 11.9 Å². The van der Waals surface area contributed by atoms with Crippen LogP contribution >= 0.6 is 11.6 Å². The van der Waals surface area contributed by atoms with Crippen molar-refractivity contribution in [2.45, 2.75) is 45.4 Å². The number of nitrogens with two attached hydrogens (primary N) is 1. The molecular weight excluding hydrogens is 262 g/mol. The SMILES string of the molecule is CCCCCC(C)C(C(=O)O)c1cccc(Cl)c1N. The zero-order valence-electron chi connectivity index (χ0n) is 11.5. The molecule has 0 spiro atoms. The third kappa shape index (κ3) is 4.13. The topological polar surface area (TPSA) is 63.3 Å². The number of hydrogen-bond acceptors (Lipinski definition) is 2. The number of unbranched alkanes of at least 4 members (excludes halogenated alkanes) is 2. The average Bonchev–Trinajstić information content (AvgIpc) is 2.35. The van der Waals surface area contributed by atoms with Gasteiger partial charge in [0, 0.05) is 0 Å². The van der Waals surface area contributed by atoms with Gasteiger partial charge in [-0.1, -0.05) is 56.8 Å². The van der Waals surface area contributed by atoms with Crippen molar-refractivity contribution in [3.63, 3.8) is 0 Å². The second kappa shape index (κ2) is 7.39. The van der Waals surface area contributed by atoms with Crippen LogP contribution in [0.3, 0.4) is 0 Å². The Morgan fingerprint density at radius 3 is 2.68 bits per heavy atom. The second-order valence-corrected chi connectivity index (χ2v) is 5.44. The number of aliphatic carboxylic acids is 1. The van der Waals surface area contributed by atoms with Crippen LogP contribution in [0.25, 0.3) is 0 Å². The first-order valence-electron chi connectivity index (χ1n) is 6.75. The molecule has 1 aromatic rings. The van der Waals surface area contributed by atoms with Gasteiger partial charge in [0.2, 0.25) is 0 Å². The van der Waals surface area contributed by atoms with Crippen LogP contribution in [0.5, 0.6) is 0 Å². The van der Waals surface area contributed by atoms with Gasteiger partial charge in [-0.2, -0.15) is 0 Å². The van der Waals surface area contributed by atoms with Gasteiger partial charge in [0.05, 0.1) is 16.6 Å². The van der Waals surface area contributed by atoms with Gasteiger partial charge >= 0.3 is 5.97 Å². The summed E-state index contributed by atoms with van der Waals surface area (Å²) in [6, 6.07) is 5.19. The first-order chi connectivity index (χ1) is 8.99. The van der Waals surface area contributed by atoms with E-state index >= 15 is 0 Å². The van der Waals surface area contributed by atoms with Crippen molar-refractivity contribution in [3.05, 3.63) is 28.8 Å². The van der Waals surface area contributed by atoms with Gasteiger partial charge in [0.25, 0.3) is 0 Å². The number of anilines is 1. The number of para-hydroxylation sites is 1. The lowest BCUT2D eigenvalue weighted by molar-refractivity contribution is -0.140. The predicted molar refractivity (Wildman–Crippen MR) is 79.5 cm³/mol. The second-order valence-electron chi connectivity index (χ2n) is 5.03. The normalized spacial score (nSPS) is 14.1. The molecule has 0 fully saturated rings. The van der Waals surface area contributed by atoms with E-state index in [1.165, 1.54) is 0 Å². The minimum Gasteiger partial charge on any atom is -0.481 e. The minimum absolute atomic E-state index is 0.0461. The van der Waals surface area contributed by atoms with Crippen LogP contribution in [-0.4, -0.2) is 11.1 Å². The molecule has 1 aromatic carbocycles. The van der Waals surface area contributed by atoms with E-state index in [0.29, 0.717) is 16.3 Å². The maximum absolute atomic E-state index is 11.5. The summed E-state index contributed by atoms with van der Waals surface area (Å²) in [5.74, 6) is -1.38. The fourth-order valence-corrected chi connectivity index (χ4v) is 2.57. The molecular formula is C15H22ClNO2. The fraction of sp³-hybridized carbons (Fsp3) is 0.533. The van der Waals surface area contributed by atoms with Gasteiger partial charge in [0.1, 0.15) is 0 Å². The van der Waals surface area contributed by atoms with Crippen molar-refractivity contribution in [1.82, 2.24) is 0 Å². The maximum Gasteiger partial charge on any atom is 0.311 e. The van der Waals surface area contributed by atoms with Crippen molar-refractivity contribution < 1.29 is 9.90 Å². The van der Waals surface area contributed by atoms with Crippen molar-refractivity contribution in [1.29, 1.82) is 0 Å². The van der Waals surface area contributed by atoms with E-state index in [1.807, 2.05) is 6.92 Å². The highest BCUT2D eigenvalue weighted by Gasteiger charge is 2.28. The van der Waals surface area contributed by atoms with Gasteiger partial charge in [-0.05, 0) is 24.0 Å². The molecule has 0 bridgehead atoms. The molecule has 0 aliphatic rings. The highest BCUT2D eigenvalue weighted by molar-refractivity contribution is 6.33. The summed E-state index contributed by atoms with van der Waals surface area (Å²) in [5.41, 5.74) is 6.94. The van der Waals surface area contributed by atoms with Gasteiger partial charge in [-0.25, -0.2) is 0 Å². The van der Waals surface area contributed by atoms with E-state index in [-0.39, 0.29) is 5.92 Å². The Kier molecular flexibility index (Phi) is 6.16. The lowest BCUT2D eigenvalue weighted by atomic mass is 9.83. The highest BCUT2D eigenvalue weighted by atomic mass is 35.5. The molecule has 0 radical (unpaired) electrons. The quantitative estimate of drug-likeness (QED) is 0.579. The van der Waals surface area contributed by atoms with E-state index in [0.717, 1.165) is 25.7 Å². The number of carboxylic acid groups (broad SMARTS) is 1. The first-order valence-corrected chi connectivity index (χ1v) is 7.13. The number of rotatable bonds is 7. The standard InChI is InChI=1S/C15H22ClNO2/c1-3-4-5-7-10(2)13(15(18)19)11-8-6-9-12(16)14(11)17/h6,8-10,13H,3-5,7,17H2,1-2H3,(H,18,19). The summed E-state index contributed by atoms with van der Waals surface area (Å²) in [5, 5.41) is 9.89. The van der Waals surface area contributed by atoms with Crippen LogP contribution in [0.1, 0.15) is 51.0 Å². The largest absolute Gasteiger partial charge is 0.481 e. The van der Waals surface area contributed by atoms with Crippen LogP contribution in [0.2, 0.25) is 5.02 Å². The molecule has 3 nitrogen and oxygen atoms in total. The zero-order chi connectivity index (χ0) is 14.4. The molecule has 3 N–H and O–H groups in total. The van der Waals surface area contributed by atoms with Gasteiger partial charge in [-0.15, -0.1) is 0 Å². The number of carboxylic acids is 1. The van der Waals surface area contributed by atoms with Crippen LogP contribution in [-0.2, 0) is 4.79 Å². The Morgan fingerprint density at radius 2 is 2.11 bits per heavy atom. The molecule has 2 atom stereocenters. The van der Waals surface area contributed by atoms with E-state index in [1.54, 1.807) is 18.2 Å². The third-order valence-electron chi connectivity index (χ3n) is 3.52. The molecule has 0 heterocycles. The van der Waals surface area contributed by atoms with Gasteiger partial charge in [-0.3, -0.25) is 4.79 Å². The van der Waals surface area contributed by atoms with Crippen LogP contribution in [0.4, 0.5) is 5.69 Å². The Labute approximate surface area is 119 Å². The molecule has 0 aliphatic carbocycles. The van der Waals surface area contributed by atoms with E-state index in [2.05, 4.69) is 6.92 Å². The van der Waals surface area contributed by atoms with Crippen molar-refractivity contribution >= 4 is 23.3 Å². The summed E-state index contributed by atoms with van der Waals surface area (Å²) in [7, 11) is 0. The number of hydrogen-bond donors (Lipinski definition) is 2. The molecule has 4 heteroatoms. The monoisotopic (exact) mass is 283 g/mol. The molecule has 106 valence electrons. The lowest BCUT2D eigenvalue weighted by Crippen LogP contribution is -2.21. The van der Waals surface area contributed by atoms with Crippen molar-refractivity contribution in [3.8, 4) is 0 Å². The summed E-state index contributed by atoms with van der Waals surface area (Å²) in [6.45, 7) is 4.10. The molecule has 2 unspecified atom stereocenters. The van der Waals surface area contributed by atoms with Crippen LogP contribution in [0, 0.1) is 5.92 Å². The lowest BCUT2D eigenvalue weighted by Gasteiger charge is -2.22. The summed E-state index contributed by atoms with van der Waals surface area (Å²) < 4.78 is 0. The molecule has 0 aliphatic heterocycles. The summed E-state index contributed by atoms with van der Waals surface area (Å²) >= 11 is 5.98. The predicted octanol–water partition coefficient (Wildman–Crippen LogP) is 4.31. The van der Waals surface area contributed by atoms with E-state index in [4.69, 9.17) is 17.3 Å². The summed E-state index contributed by atoms with van der Waals surface area (Å²) in [4.78, 5) is 11.5. The van der Waals surface area contributed by atoms with Crippen molar-refractivity contribution in [2.75, 3.05) is 5.73 Å². The molecule has 0 amide bonds. The Morgan fingerprint density at radius 1 is 1.42 bits per heavy atom. The van der Waals surface area contributed by atoms with Crippen molar-refractivity contribution in [2.24, 2.45) is 5.92 Å². The van der Waals surface area contributed by atoms with Gasteiger partial charge in [0.15, 0.2) is 0 Å². The molecule has 0 saturated carbocycles. The molecule has 0 aromatic heterocycles. The zero-order valence-corrected chi connectivity index (χ0v) is 12.3. The third-order valence-corrected chi connectivity index (χ3v) is 3.85. The Hall–Kier alpha value is -1.22. The highest BCUT2D eigenvalue weighted by Crippen LogP contribution is 2.35. The van der Waals surface area contributed by atoms with Crippen LogP contribution in [0.15, 0.2) is 18.2 Å². The molecule has 1 rings (SSSR count). The fourth-order valence-electron chi connectivity index (χ4n) is 2.39. The number of nitrogen functional groups attached to an aromatic ring is 1. The number of carbonyl (C=O) groups is 1. The number of benzene rings is 1. The average molecular weight is 284 g/mol. The summed E-state index contributed by atoms with van der Waals surface area (Å²) in [6.07, 6.45) is 4.18. The molecule has 19 heavy (non-hydrogen) atoms. The van der Waals surface area contributed by atoms with Crippen LogP contribution < -0.4 is 5.73 Å². The molecule has 0 saturated heterocycles. The first kappa shape index (κ1) is 15.8. The number of halogens is 1. The smallest absolute Gasteiger partial charge is 0.311 e. The maximum atomic E-state index is 11.5. The van der Waals surface area contributed by atoms with Gasteiger partial charge < -0.3 is 10.8 Å².